The first kappa shape index (κ1) is 16.8. The summed E-state index contributed by atoms with van der Waals surface area (Å²) < 4.78 is 10.8. The van der Waals surface area contributed by atoms with E-state index in [1.807, 2.05) is 6.92 Å². The molecule has 0 spiro atoms. The first-order valence-electron chi connectivity index (χ1n) is 8.67. The van der Waals surface area contributed by atoms with Gasteiger partial charge >= 0.3 is 0 Å². The van der Waals surface area contributed by atoms with Gasteiger partial charge < -0.3 is 19.4 Å². The van der Waals surface area contributed by atoms with Crippen LogP contribution < -0.4 is 19.8 Å². The molecule has 2 aromatic rings. The number of quaternary nitrogens is 1. The van der Waals surface area contributed by atoms with Crippen molar-refractivity contribution in [1.29, 1.82) is 0 Å². The van der Waals surface area contributed by atoms with Gasteiger partial charge in [0.2, 0.25) is 0 Å². The minimum absolute atomic E-state index is 0.0868. The molecule has 5 nitrogen and oxygen atoms in total. The molecule has 2 N–H and O–H groups in total. The third kappa shape index (κ3) is 3.00. The molecule has 0 bridgehead atoms. The van der Waals surface area contributed by atoms with Crippen molar-refractivity contribution < 1.29 is 14.4 Å². The van der Waals surface area contributed by atoms with Crippen molar-refractivity contribution in [3.8, 4) is 11.5 Å². The number of fused-ring (bicyclic) bond motifs is 1. The maximum absolute atomic E-state index is 13.1. The van der Waals surface area contributed by atoms with E-state index >= 15 is 0 Å². The summed E-state index contributed by atoms with van der Waals surface area (Å²) in [7, 11) is 3.21. The predicted octanol–water partition coefficient (Wildman–Crippen LogP) is 1.81. The van der Waals surface area contributed by atoms with Gasteiger partial charge in [-0.1, -0.05) is 0 Å². The Morgan fingerprint density at radius 1 is 1.25 bits per heavy atom. The highest BCUT2D eigenvalue weighted by Crippen LogP contribution is 2.28. The fraction of sp³-hybridized carbons (Fsp3) is 0.526. The van der Waals surface area contributed by atoms with Gasteiger partial charge in [0.25, 0.3) is 0 Å². The second-order valence-electron chi connectivity index (χ2n) is 6.79. The minimum Gasteiger partial charge on any atom is -0.497 e. The summed E-state index contributed by atoms with van der Waals surface area (Å²) in [6, 6.07) is 4.21. The molecule has 1 unspecified atom stereocenters. The van der Waals surface area contributed by atoms with Crippen LogP contribution in [0.5, 0.6) is 11.5 Å². The summed E-state index contributed by atoms with van der Waals surface area (Å²) in [5.41, 5.74) is 2.64. The van der Waals surface area contributed by atoms with E-state index in [-0.39, 0.29) is 5.43 Å². The molecule has 1 aromatic carbocycles. The van der Waals surface area contributed by atoms with Crippen molar-refractivity contribution in [3.63, 3.8) is 0 Å². The first-order valence-corrected chi connectivity index (χ1v) is 8.67. The van der Waals surface area contributed by atoms with Crippen LogP contribution in [-0.4, -0.2) is 31.8 Å². The number of methoxy groups -OCH3 is 2. The highest BCUT2D eigenvalue weighted by Gasteiger charge is 2.25. The Morgan fingerprint density at radius 3 is 2.71 bits per heavy atom. The largest absolute Gasteiger partial charge is 0.497 e. The highest BCUT2D eigenvalue weighted by molar-refractivity contribution is 5.86. The molecule has 0 radical (unpaired) electrons. The molecule has 3 rings (SSSR count). The fourth-order valence-electron chi connectivity index (χ4n) is 3.73. The Balaban J connectivity index is 2.10. The molecule has 0 amide bonds. The standard InChI is InChI=1S/C19H26N2O3/c1-12-7-5-6-8-21(12)11-16-13(2)20-18-15(19(16)22)9-14(23-3)10-17(18)24-4/h9-10,12H,5-8,11H2,1-4H3,(H,20,22)/p+1/t12-/m0/s1. The van der Waals surface area contributed by atoms with Gasteiger partial charge in [-0.15, -0.1) is 0 Å². The molecule has 1 aliphatic rings. The van der Waals surface area contributed by atoms with E-state index in [9.17, 15) is 4.79 Å². The summed E-state index contributed by atoms with van der Waals surface area (Å²) in [6.07, 6.45) is 3.78. The van der Waals surface area contributed by atoms with Gasteiger partial charge in [-0.25, -0.2) is 0 Å². The zero-order valence-electron chi connectivity index (χ0n) is 15.0. The monoisotopic (exact) mass is 331 g/mol. The number of aryl methyl sites for hydroxylation is 1. The average Bonchev–Trinajstić information content (AvgIpc) is 2.59. The molecule has 1 fully saturated rings. The van der Waals surface area contributed by atoms with E-state index in [0.717, 1.165) is 29.9 Å². The molecule has 130 valence electrons. The number of nitrogens with one attached hydrogen (secondary N) is 2. The van der Waals surface area contributed by atoms with Gasteiger partial charge in [0.15, 0.2) is 5.43 Å². The van der Waals surface area contributed by atoms with Crippen molar-refractivity contribution in [3.05, 3.63) is 33.6 Å². The lowest BCUT2D eigenvalue weighted by atomic mass is 10.0. The molecule has 2 atom stereocenters. The minimum atomic E-state index is 0.0868. The highest BCUT2D eigenvalue weighted by atomic mass is 16.5. The number of rotatable bonds is 4. The van der Waals surface area contributed by atoms with E-state index in [2.05, 4.69) is 11.9 Å². The number of aromatic nitrogens is 1. The predicted molar refractivity (Wildman–Crippen MR) is 95.3 cm³/mol. The molecule has 24 heavy (non-hydrogen) atoms. The van der Waals surface area contributed by atoms with Crippen LogP contribution in [0.3, 0.4) is 0 Å². The summed E-state index contributed by atoms with van der Waals surface area (Å²) in [5, 5.41) is 0.635. The zero-order chi connectivity index (χ0) is 17.3. The van der Waals surface area contributed by atoms with Gasteiger partial charge in [0, 0.05) is 11.8 Å². The number of benzene rings is 1. The Labute approximate surface area is 142 Å². The number of pyridine rings is 1. The van der Waals surface area contributed by atoms with E-state index in [0.29, 0.717) is 22.9 Å². The Morgan fingerprint density at radius 2 is 2.04 bits per heavy atom. The Hall–Kier alpha value is -2.01. The molecule has 1 aliphatic heterocycles. The van der Waals surface area contributed by atoms with Crippen LogP contribution >= 0.6 is 0 Å². The van der Waals surface area contributed by atoms with Crippen molar-refractivity contribution >= 4 is 10.9 Å². The zero-order valence-corrected chi connectivity index (χ0v) is 15.0. The number of hydrogen-bond donors (Lipinski definition) is 2. The van der Waals surface area contributed by atoms with E-state index in [1.165, 1.54) is 24.2 Å². The van der Waals surface area contributed by atoms with Crippen LogP contribution in [0.4, 0.5) is 0 Å². The topological polar surface area (TPSA) is 55.8 Å². The second-order valence-corrected chi connectivity index (χ2v) is 6.79. The molecule has 0 aliphatic carbocycles. The molecule has 2 heterocycles. The first-order chi connectivity index (χ1) is 11.5. The maximum Gasteiger partial charge on any atom is 0.198 e. The molecule has 1 aromatic heterocycles. The normalized spacial score (nSPS) is 21.0. The lowest BCUT2D eigenvalue weighted by Gasteiger charge is -2.30. The van der Waals surface area contributed by atoms with Crippen LogP contribution in [0.25, 0.3) is 10.9 Å². The van der Waals surface area contributed by atoms with E-state index < -0.39 is 0 Å². The second kappa shape index (κ2) is 6.85. The molecular weight excluding hydrogens is 304 g/mol. The third-order valence-electron chi connectivity index (χ3n) is 5.30. The number of hydrogen-bond acceptors (Lipinski definition) is 3. The van der Waals surface area contributed by atoms with Crippen molar-refractivity contribution in [2.75, 3.05) is 20.8 Å². The van der Waals surface area contributed by atoms with Crippen LogP contribution in [0, 0.1) is 6.92 Å². The van der Waals surface area contributed by atoms with Gasteiger partial charge in [-0.2, -0.15) is 0 Å². The van der Waals surface area contributed by atoms with Crippen LogP contribution in [0.2, 0.25) is 0 Å². The number of piperidine rings is 1. The van der Waals surface area contributed by atoms with Crippen molar-refractivity contribution in [2.24, 2.45) is 0 Å². The lowest BCUT2D eigenvalue weighted by molar-refractivity contribution is -0.942. The van der Waals surface area contributed by atoms with Crippen LogP contribution in [-0.2, 0) is 6.54 Å². The molecule has 5 heteroatoms. The Kier molecular flexibility index (Phi) is 4.81. The SMILES string of the molecule is COc1cc(OC)c2[nH]c(C)c(C[NH+]3CCCC[C@@H]3C)c(=O)c2c1. The number of H-pyrrole nitrogens is 1. The average molecular weight is 331 g/mol. The fourth-order valence-corrected chi connectivity index (χ4v) is 3.73. The number of likely N-dealkylation sites (tertiary alicyclic amines) is 1. The number of aromatic amines is 1. The van der Waals surface area contributed by atoms with Gasteiger partial charge in [0.05, 0.1) is 43.3 Å². The lowest BCUT2D eigenvalue weighted by Crippen LogP contribution is -3.15. The van der Waals surface area contributed by atoms with E-state index in [1.54, 1.807) is 26.4 Å². The third-order valence-corrected chi connectivity index (χ3v) is 5.30. The Bertz CT molecular complexity index is 797. The van der Waals surface area contributed by atoms with Gasteiger partial charge in [-0.05, 0) is 39.2 Å². The maximum atomic E-state index is 13.1. The van der Waals surface area contributed by atoms with E-state index in [4.69, 9.17) is 9.47 Å². The summed E-state index contributed by atoms with van der Waals surface area (Å²) in [5.74, 6) is 1.27. The number of ether oxygens (including phenoxy) is 2. The molecule has 1 saturated heterocycles. The van der Waals surface area contributed by atoms with Crippen LogP contribution in [0.15, 0.2) is 16.9 Å². The van der Waals surface area contributed by atoms with Crippen LogP contribution in [0.1, 0.15) is 37.4 Å². The summed E-state index contributed by atoms with van der Waals surface area (Å²) in [4.78, 5) is 18.0. The summed E-state index contributed by atoms with van der Waals surface area (Å²) in [6.45, 7) is 6.18. The summed E-state index contributed by atoms with van der Waals surface area (Å²) >= 11 is 0. The molecule has 0 saturated carbocycles. The quantitative estimate of drug-likeness (QED) is 0.898. The van der Waals surface area contributed by atoms with Gasteiger partial charge in [0.1, 0.15) is 18.0 Å². The van der Waals surface area contributed by atoms with Gasteiger partial charge in [-0.3, -0.25) is 4.79 Å². The van der Waals surface area contributed by atoms with Crippen molar-refractivity contribution in [1.82, 2.24) is 4.98 Å². The van der Waals surface area contributed by atoms with Crippen molar-refractivity contribution in [2.45, 2.75) is 45.7 Å². The molecular formula is C19H27N2O3+. The smallest absolute Gasteiger partial charge is 0.198 e.